The number of hydrogen-bond acceptors (Lipinski definition) is 6. The summed E-state index contributed by atoms with van der Waals surface area (Å²) in [6.45, 7) is 7.17. The van der Waals surface area contributed by atoms with Crippen molar-refractivity contribution in [3.05, 3.63) is 64.3 Å². The molecular weight excluding hydrogens is 476 g/mol. The summed E-state index contributed by atoms with van der Waals surface area (Å²) < 4.78 is 5.48. The Hall–Kier alpha value is -3.22. The number of allylic oxidation sites excluding steroid dienone is 1. The normalized spacial score (nSPS) is 17.8. The molecule has 0 aromatic heterocycles. The van der Waals surface area contributed by atoms with E-state index in [2.05, 4.69) is 21.2 Å². The van der Waals surface area contributed by atoms with Crippen LogP contribution in [0.1, 0.15) is 25.3 Å². The van der Waals surface area contributed by atoms with E-state index < -0.39 is 5.91 Å². The van der Waals surface area contributed by atoms with E-state index in [0.29, 0.717) is 28.0 Å². The van der Waals surface area contributed by atoms with Crippen LogP contribution in [0.3, 0.4) is 0 Å². The zero-order valence-electron chi connectivity index (χ0n) is 20.5. The summed E-state index contributed by atoms with van der Waals surface area (Å²) in [7, 11) is 0. The highest BCUT2D eigenvalue weighted by atomic mass is 35.5. The summed E-state index contributed by atoms with van der Waals surface area (Å²) in [5.41, 5.74) is 3.75. The Morgan fingerprint density at radius 2 is 1.86 bits per heavy atom. The average molecular weight is 508 g/mol. The number of benzene rings is 2. The van der Waals surface area contributed by atoms with Gasteiger partial charge in [-0.25, -0.2) is 0 Å². The Kier molecular flexibility index (Phi) is 8.73. The summed E-state index contributed by atoms with van der Waals surface area (Å²) in [4.78, 5) is 17.7. The maximum Gasteiger partial charge on any atom is 0.262 e. The number of anilines is 2. The summed E-state index contributed by atoms with van der Waals surface area (Å²) in [5, 5.41) is 22.9. The smallest absolute Gasteiger partial charge is 0.262 e. The minimum Gasteiger partial charge on any atom is -0.379 e. The highest BCUT2D eigenvalue weighted by molar-refractivity contribution is 6.30. The van der Waals surface area contributed by atoms with Gasteiger partial charge in [0.05, 0.1) is 24.5 Å². The van der Waals surface area contributed by atoms with Gasteiger partial charge in [0.2, 0.25) is 0 Å². The predicted molar refractivity (Wildman–Crippen MR) is 142 cm³/mol. The number of ether oxygens (including phenoxy) is 1. The van der Waals surface area contributed by atoms with Gasteiger partial charge in [-0.3, -0.25) is 15.0 Å². The molecule has 4 rings (SSSR count). The van der Waals surface area contributed by atoms with Crippen molar-refractivity contribution in [3.8, 4) is 6.07 Å². The van der Waals surface area contributed by atoms with Gasteiger partial charge < -0.3 is 20.4 Å². The third-order valence-corrected chi connectivity index (χ3v) is 7.06. The molecule has 0 unspecified atom stereocenters. The fourth-order valence-corrected chi connectivity index (χ4v) is 4.96. The van der Waals surface area contributed by atoms with Gasteiger partial charge in [0.15, 0.2) is 0 Å². The van der Waals surface area contributed by atoms with Crippen LogP contribution in [-0.2, 0) is 9.53 Å². The van der Waals surface area contributed by atoms with Crippen LogP contribution in [0.5, 0.6) is 0 Å². The first-order chi connectivity index (χ1) is 17.5. The number of nitrogens with zero attached hydrogens (tertiary/aromatic N) is 3. The quantitative estimate of drug-likeness (QED) is 0.303. The number of piperidine rings is 1. The van der Waals surface area contributed by atoms with E-state index in [-0.39, 0.29) is 5.57 Å². The van der Waals surface area contributed by atoms with Gasteiger partial charge in [-0.15, -0.1) is 0 Å². The monoisotopic (exact) mass is 507 g/mol. The number of nitriles is 1. The van der Waals surface area contributed by atoms with Crippen molar-refractivity contribution in [3.63, 3.8) is 0 Å². The van der Waals surface area contributed by atoms with Crippen molar-refractivity contribution in [2.75, 3.05) is 49.6 Å². The molecule has 2 fully saturated rings. The Balaban J connectivity index is 1.41. The molecule has 2 aliphatic rings. The van der Waals surface area contributed by atoms with E-state index in [1.165, 1.54) is 0 Å². The molecular formula is C27H32ClN6O2+. The summed E-state index contributed by atoms with van der Waals surface area (Å²) in [5.74, 6) is -0.393. The van der Waals surface area contributed by atoms with Gasteiger partial charge >= 0.3 is 0 Å². The molecule has 0 aliphatic carbocycles. The molecule has 2 aliphatic heterocycles. The Labute approximate surface area is 217 Å². The second-order valence-electron chi connectivity index (χ2n) is 9.10. The van der Waals surface area contributed by atoms with Crippen molar-refractivity contribution in [1.29, 1.82) is 10.7 Å². The zero-order chi connectivity index (χ0) is 25.5. The van der Waals surface area contributed by atoms with Gasteiger partial charge in [0, 0.05) is 68.2 Å². The standard InChI is InChI=1S/C27H31ClN6O2/c1-19(31-22-4-2-21(28)3-5-22)25(18-30)27(35)32-23-6-7-26(20(16-23)17-29)34-10-8-24(9-11-34)33-12-14-36-15-13-33/h2-7,16,18,24,30-31H,8-15H2,1H3,(H,32,35)/p+1. The Morgan fingerprint density at radius 1 is 1.17 bits per heavy atom. The van der Waals surface area contributed by atoms with Crippen LogP contribution in [0.4, 0.5) is 17.1 Å². The average Bonchev–Trinajstić information content (AvgIpc) is 2.91. The van der Waals surface area contributed by atoms with Crippen LogP contribution < -0.4 is 15.5 Å². The lowest BCUT2D eigenvalue weighted by atomic mass is 10.0. The van der Waals surface area contributed by atoms with Crippen molar-refractivity contribution in [2.45, 2.75) is 25.8 Å². The van der Waals surface area contributed by atoms with Crippen LogP contribution in [0, 0.1) is 16.7 Å². The van der Waals surface area contributed by atoms with Crippen LogP contribution in [0.15, 0.2) is 53.7 Å². The number of morpholine rings is 1. The van der Waals surface area contributed by atoms with E-state index >= 15 is 0 Å². The number of quaternary nitrogens is 1. The molecule has 4 N–H and O–H groups in total. The molecule has 2 heterocycles. The fraction of sp³-hybridized carbons (Fsp3) is 0.370. The molecule has 188 valence electrons. The second-order valence-corrected chi connectivity index (χ2v) is 9.54. The Morgan fingerprint density at radius 3 is 2.50 bits per heavy atom. The third kappa shape index (κ3) is 6.31. The van der Waals surface area contributed by atoms with Crippen molar-refractivity contribution < 1.29 is 14.8 Å². The molecule has 36 heavy (non-hydrogen) atoms. The lowest BCUT2D eigenvalue weighted by Gasteiger charge is -2.41. The maximum absolute atomic E-state index is 12.9. The molecule has 2 aromatic rings. The van der Waals surface area contributed by atoms with Gasteiger partial charge in [-0.1, -0.05) is 11.6 Å². The number of hydrogen-bond donors (Lipinski definition) is 3. The van der Waals surface area contributed by atoms with Crippen molar-refractivity contribution in [2.24, 2.45) is 0 Å². The maximum atomic E-state index is 12.9. The zero-order valence-corrected chi connectivity index (χ0v) is 21.2. The summed E-state index contributed by atoms with van der Waals surface area (Å²) in [6, 6.07) is 15.6. The first kappa shape index (κ1) is 25.9. The Bertz CT molecular complexity index is 1160. The first-order valence-electron chi connectivity index (χ1n) is 12.2. The van der Waals surface area contributed by atoms with Crippen LogP contribution in [0.2, 0.25) is 5.02 Å². The number of carbonyl (C=O) groups excluding carboxylic acids is 1. The van der Waals surface area contributed by atoms with E-state index in [0.717, 1.165) is 69.8 Å². The lowest BCUT2D eigenvalue weighted by Crippen LogP contribution is -2.75. The first-order valence-corrected chi connectivity index (χ1v) is 12.6. The van der Waals surface area contributed by atoms with Gasteiger partial charge in [-0.05, 0) is 43.2 Å². The highest BCUT2D eigenvalue weighted by Crippen LogP contribution is 2.28. The van der Waals surface area contributed by atoms with Crippen molar-refractivity contribution >= 4 is 40.8 Å². The van der Waals surface area contributed by atoms with Crippen molar-refractivity contribution in [1.82, 2.24) is 4.90 Å². The van der Waals surface area contributed by atoms with Crippen LogP contribution >= 0.6 is 11.6 Å². The second kappa shape index (κ2) is 12.2. The van der Waals surface area contributed by atoms with Crippen LogP contribution in [0.25, 0.3) is 0 Å². The molecule has 2 aromatic carbocycles. The van der Waals surface area contributed by atoms with E-state index in [4.69, 9.17) is 21.7 Å². The molecule has 2 saturated heterocycles. The van der Waals surface area contributed by atoms with Gasteiger partial charge in [-0.2, -0.15) is 5.26 Å². The number of carbonyl (C=O) groups is 1. The SMILES string of the molecule is CC([NH2+]c1ccc(Cl)cc1)=C(C=N)C(=O)Nc1ccc(N2CCC(N3CCOCC3)CC2)c(C#N)c1. The van der Waals surface area contributed by atoms with E-state index in [1.807, 2.05) is 29.6 Å². The highest BCUT2D eigenvalue weighted by Gasteiger charge is 2.27. The topological polar surface area (TPSA) is 109 Å². The van der Waals surface area contributed by atoms with Crippen LogP contribution in [-0.4, -0.2) is 62.5 Å². The molecule has 0 radical (unpaired) electrons. The largest absolute Gasteiger partial charge is 0.379 e. The minimum atomic E-state index is -0.393. The summed E-state index contributed by atoms with van der Waals surface area (Å²) in [6.07, 6.45) is 3.16. The molecule has 0 atom stereocenters. The molecule has 1 amide bonds. The number of nitrogens with one attached hydrogen (secondary N) is 2. The van der Waals surface area contributed by atoms with Gasteiger partial charge in [0.25, 0.3) is 5.91 Å². The molecule has 0 bridgehead atoms. The molecule has 9 heteroatoms. The number of rotatable bonds is 7. The molecule has 0 spiro atoms. The molecule has 0 saturated carbocycles. The molecule has 8 nitrogen and oxygen atoms in total. The van der Waals surface area contributed by atoms with E-state index in [1.54, 1.807) is 25.1 Å². The van der Waals surface area contributed by atoms with Gasteiger partial charge in [0.1, 0.15) is 23.0 Å². The minimum absolute atomic E-state index is 0.248. The number of nitrogens with two attached hydrogens (primary N) is 1. The fourth-order valence-electron chi connectivity index (χ4n) is 4.84. The third-order valence-electron chi connectivity index (χ3n) is 6.81. The number of amides is 1. The van der Waals surface area contributed by atoms with E-state index in [9.17, 15) is 10.1 Å². The number of halogens is 1. The summed E-state index contributed by atoms with van der Waals surface area (Å²) >= 11 is 5.94. The predicted octanol–water partition coefficient (Wildman–Crippen LogP) is 3.27. The lowest BCUT2D eigenvalue weighted by molar-refractivity contribution is -0.517.